The van der Waals surface area contributed by atoms with Gasteiger partial charge in [-0.25, -0.2) is 0 Å². The number of benzene rings is 2. The molecule has 2 aromatic rings. The molecule has 13 heteroatoms. The average Bonchev–Trinajstić information content (AvgIpc) is 2.61. The van der Waals surface area contributed by atoms with Crippen molar-refractivity contribution in [3.05, 3.63) is 47.5 Å². The van der Waals surface area contributed by atoms with E-state index in [-0.39, 0.29) is 5.56 Å². The Hall–Kier alpha value is -2.55. The van der Waals surface area contributed by atoms with Gasteiger partial charge in [0, 0.05) is 5.56 Å². The smallest absolute Gasteiger partial charge is 0.299 e. The second-order valence-corrected chi connectivity index (χ2v) is 7.85. The number of aliphatic hydroxyl groups is 2. The second kappa shape index (κ2) is 8.22. The predicted molar refractivity (Wildman–Crippen MR) is 91.4 cm³/mol. The standard InChI is InChI=1S/C15H14O11S2/c16-7-25-13-10(12(18)9-4-2-1-3-5-9)6-11(27(19,20)21)15(28(22,23)24)14(13)26-8-17/h1-6,16-17H,7-8H2,(H,19,20,21)(H,22,23,24). The van der Waals surface area contributed by atoms with Crippen LogP contribution in [0.2, 0.25) is 0 Å². The molecule has 4 N–H and O–H groups in total. The summed E-state index contributed by atoms with van der Waals surface area (Å²) in [6, 6.07) is 7.71. The van der Waals surface area contributed by atoms with Gasteiger partial charge in [0.25, 0.3) is 20.2 Å². The van der Waals surface area contributed by atoms with Crippen molar-refractivity contribution in [3.8, 4) is 11.5 Å². The first-order valence-corrected chi connectivity index (χ1v) is 10.1. The molecule has 0 spiro atoms. The molecule has 0 amide bonds. The fraction of sp³-hybridized carbons (Fsp3) is 0.133. The van der Waals surface area contributed by atoms with E-state index in [2.05, 4.69) is 4.74 Å². The number of aliphatic hydroxyl groups excluding tert-OH is 2. The van der Waals surface area contributed by atoms with Crippen molar-refractivity contribution in [2.45, 2.75) is 9.79 Å². The van der Waals surface area contributed by atoms with E-state index in [4.69, 9.17) is 14.9 Å². The molecule has 0 saturated carbocycles. The van der Waals surface area contributed by atoms with Crippen molar-refractivity contribution in [1.82, 2.24) is 0 Å². The van der Waals surface area contributed by atoms with E-state index in [0.717, 1.165) is 0 Å². The molecule has 0 aliphatic rings. The van der Waals surface area contributed by atoms with Gasteiger partial charge in [0.1, 0.15) is 4.90 Å². The Morgan fingerprint density at radius 1 is 0.857 bits per heavy atom. The van der Waals surface area contributed by atoms with Crippen LogP contribution in [0.5, 0.6) is 11.5 Å². The van der Waals surface area contributed by atoms with Crippen molar-refractivity contribution in [1.29, 1.82) is 0 Å². The quantitative estimate of drug-likeness (QED) is 0.250. The van der Waals surface area contributed by atoms with Gasteiger partial charge in [-0.2, -0.15) is 16.8 Å². The number of hydrogen-bond donors (Lipinski definition) is 4. The van der Waals surface area contributed by atoms with Crippen LogP contribution in [0.1, 0.15) is 15.9 Å². The summed E-state index contributed by atoms with van der Waals surface area (Å²) in [6.45, 7) is -2.33. The Bertz CT molecular complexity index is 1090. The van der Waals surface area contributed by atoms with E-state index in [0.29, 0.717) is 6.07 Å². The zero-order valence-corrected chi connectivity index (χ0v) is 15.5. The summed E-state index contributed by atoms with van der Waals surface area (Å²) in [4.78, 5) is 9.91. The predicted octanol–water partition coefficient (Wildman–Crippen LogP) is 0.0682. The Morgan fingerprint density at radius 3 is 1.86 bits per heavy atom. The molecule has 0 aliphatic heterocycles. The topological polar surface area (TPSA) is 185 Å². The van der Waals surface area contributed by atoms with Crippen molar-refractivity contribution < 1.29 is 50.4 Å². The van der Waals surface area contributed by atoms with Gasteiger partial charge in [-0.15, -0.1) is 0 Å². The lowest BCUT2D eigenvalue weighted by molar-refractivity contribution is 0.0700. The van der Waals surface area contributed by atoms with Crippen LogP contribution in [-0.2, 0) is 20.2 Å². The minimum atomic E-state index is -5.37. The fourth-order valence-corrected chi connectivity index (χ4v) is 4.28. The molecule has 0 radical (unpaired) electrons. The lowest BCUT2D eigenvalue weighted by atomic mass is 10.0. The van der Waals surface area contributed by atoms with Crippen LogP contribution in [0, 0.1) is 0 Å². The van der Waals surface area contributed by atoms with Crippen LogP contribution in [-0.4, -0.2) is 55.5 Å². The number of hydrogen-bond acceptors (Lipinski definition) is 9. The molecule has 0 saturated heterocycles. The van der Waals surface area contributed by atoms with E-state index >= 15 is 0 Å². The lowest BCUT2D eigenvalue weighted by Gasteiger charge is -2.18. The maximum absolute atomic E-state index is 12.8. The Kier molecular flexibility index (Phi) is 6.38. The largest absolute Gasteiger partial charge is 0.463 e. The fourth-order valence-electron chi connectivity index (χ4n) is 2.35. The van der Waals surface area contributed by atoms with E-state index in [1.165, 1.54) is 24.3 Å². The van der Waals surface area contributed by atoms with Crippen molar-refractivity contribution >= 4 is 26.0 Å². The van der Waals surface area contributed by atoms with Crippen LogP contribution in [0.4, 0.5) is 0 Å². The van der Waals surface area contributed by atoms with E-state index in [1.54, 1.807) is 6.07 Å². The highest BCUT2D eigenvalue weighted by molar-refractivity contribution is 7.89. The summed E-state index contributed by atoms with van der Waals surface area (Å²) in [7, 11) is -10.7. The van der Waals surface area contributed by atoms with Crippen LogP contribution in [0.25, 0.3) is 0 Å². The highest BCUT2D eigenvalue weighted by Gasteiger charge is 2.35. The maximum atomic E-state index is 12.8. The number of ether oxygens (including phenoxy) is 2. The zero-order valence-electron chi connectivity index (χ0n) is 13.8. The Labute approximate surface area is 159 Å². The van der Waals surface area contributed by atoms with E-state index < -0.39 is 66.5 Å². The molecule has 0 aliphatic carbocycles. The molecule has 0 atom stereocenters. The highest BCUT2D eigenvalue weighted by Crippen LogP contribution is 2.42. The first-order chi connectivity index (χ1) is 13.0. The lowest BCUT2D eigenvalue weighted by Crippen LogP contribution is -2.16. The normalized spacial score (nSPS) is 11.9. The maximum Gasteiger partial charge on any atom is 0.299 e. The average molecular weight is 434 g/mol. The van der Waals surface area contributed by atoms with Crippen LogP contribution < -0.4 is 9.47 Å². The van der Waals surface area contributed by atoms with Gasteiger partial charge >= 0.3 is 0 Å². The van der Waals surface area contributed by atoms with Gasteiger partial charge in [-0.1, -0.05) is 30.3 Å². The summed E-state index contributed by atoms with van der Waals surface area (Å²) in [5, 5.41) is 18.1. The second-order valence-electron chi connectivity index (χ2n) is 5.10. The summed E-state index contributed by atoms with van der Waals surface area (Å²) < 4.78 is 75.1. The van der Waals surface area contributed by atoms with E-state index in [9.17, 15) is 30.7 Å². The molecule has 28 heavy (non-hydrogen) atoms. The third-order valence-electron chi connectivity index (χ3n) is 3.39. The molecule has 152 valence electrons. The van der Waals surface area contributed by atoms with Crippen molar-refractivity contribution in [2.24, 2.45) is 0 Å². The Balaban J connectivity index is 3.00. The number of rotatable bonds is 8. The molecule has 2 aromatic carbocycles. The van der Waals surface area contributed by atoms with Crippen molar-refractivity contribution in [3.63, 3.8) is 0 Å². The molecule has 2 rings (SSSR count). The third-order valence-corrected chi connectivity index (χ3v) is 5.32. The van der Waals surface area contributed by atoms with E-state index in [1.807, 2.05) is 0 Å². The van der Waals surface area contributed by atoms with Crippen LogP contribution >= 0.6 is 0 Å². The van der Waals surface area contributed by atoms with Gasteiger partial charge < -0.3 is 19.7 Å². The number of carbonyl (C=O) groups excluding carboxylic acids is 1. The molecule has 0 bridgehead atoms. The van der Waals surface area contributed by atoms with Gasteiger partial charge in [0.2, 0.25) is 0 Å². The molecule has 0 aromatic heterocycles. The summed E-state index contributed by atoms with van der Waals surface area (Å²) in [6.07, 6.45) is 0. The zero-order chi connectivity index (χ0) is 21.1. The number of carbonyl (C=O) groups is 1. The Morgan fingerprint density at radius 2 is 1.39 bits per heavy atom. The molecular weight excluding hydrogens is 420 g/mol. The minimum absolute atomic E-state index is 0.0149. The van der Waals surface area contributed by atoms with Gasteiger partial charge in [0.05, 0.1) is 5.56 Å². The van der Waals surface area contributed by atoms with Crippen LogP contribution in [0.15, 0.2) is 46.2 Å². The summed E-state index contributed by atoms with van der Waals surface area (Å²) in [5.74, 6) is -2.75. The van der Waals surface area contributed by atoms with Crippen LogP contribution in [0.3, 0.4) is 0 Å². The molecule has 0 heterocycles. The van der Waals surface area contributed by atoms with Crippen molar-refractivity contribution in [2.75, 3.05) is 13.6 Å². The molecule has 0 unspecified atom stereocenters. The monoisotopic (exact) mass is 434 g/mol. The molecular formula is C15H14O11S2. The third kappa shape index (κ3) is 4.46. The molecule has 0 fully saturated rings. The first kappa shape index (κ1) is 21.7. The van der Waals surface area contributed by atoms with Gasteiger partial charge in [-0.05, 0) is 6.07 Å². The first-order valence-electron chi connectivity index (χ1n) is 7.25. The van der Waals surface area contributed by atoms with Gasteiger partial charge in [-0.3, -0.25) is 13.9 Å². The minimum Gasteiger partial charge on any atom is -0.463 e. The summed E-state index contributed by atoms with van der Waals surface area (Å²) >= 11 is 0. The molecule has 11 nitrogen and oxygen atoms in total. The number of ketones is 1. The summed E-state index contributed by atoms with van der Waals surface area (Å²) in [5.41, 5.74) is -0.607. The highest BCUT2D eigenvalue weighted by atomic mass is 32.2. The van der Waals surface area contributed by atoms with Gasteiger partial charge in [0.15, 0.2) is 35.8 Å². The SMILES string of the molecule is O=C(c1ccccc1)c1cc(S(=O)(=O)O)c(S(=O)(=O)O)c(OCO)c1OCO.